The summed E-state index contributed by atoms with van der Waals surface area (Å²) in [5, 5.41) is 0. The van der Waals surface area contributed by atoms with Crippen molar-refractivity contribution in [2.24, 2.45) is 0 Å². The zero-order valence-electron chi connectivity index (χ0n) is 12.7. The van der Waals surface area contributed by atoms with Crippen LogP contribution < -0.4 is 0 Å². The number of likely N-dealkylation sites (tertiary alicyclic amines) is 1. The molecule has 1 unspecified atom stereocenters. The van der Waals surface area contributed by atoms with Crippen LogP contribution in [0.25, 0.3) is 0 Å². The van der Waals surface area contributed by atoms with Gasteiger partial charge < -0.3 is 9.80 Å². The van der Waals surface area contributed by atoms with Crippen molar-refractivity contribution in [2.45, 2.75) is 30.6 Å². The molecule has 0 N–H and O–H groups in total. The lowest BCUT2D eigenvalue weighted by Crippen LogP contribution is -2.40. The summed E-state index contributed by atoms with van der Waals surface area (Å²) in [6.07, 6.45) is 3.35. The van der Waals surface area contributed by atoms with Gasteiger partial charge in [-0.1, -0.05) is 24.3 Å². The van der Waals surface area contributed by atoms with Gasteiger partial charge in [-0.3, -0.25) is 4.79 Å². The molecule has 20 heavy (non-hydrogen) atoms. The summed E-state index contributed by atoms with van der Waals surface area (Å²) in [7, 11) is 5.92. The van der Waals surface area contributed by atoms with Gasteiger partial charge in [0.05, 0.1) is 5.92 Å². The summed E-state index contributed by atoms with van der Waals surface area (Å²) in [5.41, 5.74) is 2.95. The van der Waals surface area contributed by atoms with E-state index in [0.717, 1.165) is 19.5 Å². The molecule has 3 heteroatoms. The Kier molecular flexibility index (Phi) is 3.33. The molecule has 1 aliphatic heterocycles. The van der Waals surface area contributed by atoms with Crippen LogP contribution in [0, 0.1) is 0 Å². The average molecular weight is 272 g/mol. The van der Waals surface area contributed by atoms with Gasteiger partial charge in [0.15, 0.2) is 0 Å². The highest BCUT2D eigenvalue weighted by atomic mass is 16.2. The lowest BCUT2D eigenvalue weighted by Gasteiger charge is -2.39. The van der Waals surface area contributed by atoms with Crippen LogP contribution in [0.1, 0.15) is 36.3 Å². The van der Waals surface area contributed by atoms with E-state index in [0.29, 0.717) is 0 Å². The quantitative estimate of drug-likeness (QED) is 0.782. The summed E-state index contributed by atoms with van der Waals surface area (Å²) in [4.78, 5) is 16.7. The van der Waals surface area contributed by atoms with E-state index in [-0.39, 0.29) is 17.2 Å². The number of hydrogen-bond donors (Lipinski definition) is 0. The Morgan fingerprint density at radius 1 is 1.25 bits per heavy atom. The minimum absolute atomic E-state index is 0.0598. The number of benzene rings is 1. The Balaban J connectivity index is 1.98. The number of rotatable bonds is 1. The first-order chi connectivity index (χ1) is 9.53. The number of amides is 1. The standard InChI is InChI=1S/C17H24N2O/c1-18(2)16(20)14-12-17(8-10-19(3)11-9-17)15-7-5-4-6-13(14)15/h4-7,14H,8-12H2,1-3H3. The topological polar surface area (TPSA) is 23.6 Å². The first-order valence-corrected chi connectivity index (χ1v) is 7.53. The Bertz CT molecular complexity index is 515. The Morgan fingerprint density at radius 2 is 1.90 bits per heavy atom. The van der Waals surface area contributed by atoms with Gasteiger partial charge in [-0.15, -0.1) is 0 Å². The highest BCUT2D eigenvalue weighted by Gasteiger charge is 2.47. The number of nitrogens with zero attached hydrogens (tertiary/aromatic N) is 2. The van der Waals surface area contributed by atoms with E-state index in [2.05, 4.69) is 36.2 Å². The second-order valence-electron chi connectivity index (χ2n) is 6.66. The van der Waals surface area contributed by atoms with Crippen molar-refractivity contribution >= 4 is 5.91 Å². The van der Waals surface area contributed by atoms with Gasteiger partial charge in [0.1, 0.15) is 0 Å². The fraction of sp³-hybridized carbons (Fsp3) is 0.588. The van der Waals surface area contributed by atoms with Crippen LogP contribution in [0.3, 0.4) is 0 Å². The van der Waals surface area contributed by atoms with Gasteiger partial charge in [0.2, 0.25) is 5.91 Å². The Labute approximate surface area is 121 Å². The molecule has 1 spiro atoms. The zero-order valence-corrected chi connectivity index (χ0v) is 12.7. The lowest BCUT2D eigenvalue weighted by atomic mass is 9.73. The average Bonchev–Trinajstić information content (AvgIpc) is 2.77. The number of carbonyl (C=O) groups is 1. The molecule has 1 atom stereocenters. The fourth-order valence-electron chi connectivity index (χ4n) is 3.95. The summed E-state index contributed by atoms with van der Waals surface area (Å²) >= 11 is 0. The maximum atomic E-state index is 12.5. The molecule has 0 aromatic heterocycles. The van der Waals surface area contributed by atoms with E-state index in [1.807, 2.05) is 14.1 Å². The van der Waals surface area contributed by atoms with Crippen molar-refractivity contribution in [2.75, 3.05) is 34.2 Å². The van der Waals surface area contributed by atoms with E-state index in [9.17, 15) is 4.79 Å². The van der Waals surface area contributed by atoms with Gasteiger partial charge >= 0.3 is 0 Å². The molecular weight excluding hydrogens is 248 g/mol. The number of hydrogen-bond acceptors (Lipinski definition) is 2. The number of fused-ring (bicyclic) bond motifs is 2. The van der Waals surface area contributed by atoms with Crippen LogP contribution in [0.2, 0.25) is 0 Å². The smallest absolute Gasteiger partial charge is 0.229 e. The third-order valence-corrected chi connectivity index (χ3v) is 5.19. The molecule has 108 valence electrons. The van der Waals surface area contributed by atoms with Crippen molar-refractivity contribution in [1.29, 1.82) is 0 Å². The molecule has 0 saturated carbocycles. The molecule has 1 heterocycles. The van der Waals surface area contributed by atoms with Crippen molar-refractivity contribution in [3.63, 3.8) is 0 Å². The Morgan fingerprint density at radius 3 is 2.55 bits per heavy atom. The third-order valence-electron chi connectivity index (χ3n) is 5.19. The fourth-order valence-corrected chi connectivity index (χ4v) is 3.95. The molecule has 1 amide bonds. The molecule has 1 aromatic carbocycles. The van der Waals surface area contributed by atoms with Crippen molar-refractivity contribution in [3.8, 4) is 0 Å². The van der Waals surface area contributed by atoms with Crippen molar-refractivity contribution < 1.29 is 4.79 Å². The van der Waals surface area contributed by atoms with Gasteiger partial charge in [-0.05, 0) is 55.9 Å². The molecule has 1 saturated heterocycles. The van der Waals surface area contributed by atoms with Crippen LogP contribution in [0.15, 0.2) is 24.3 Å². The van der Waals surface area contributed by atoms with Crippen LogP contribution in [0.5, 0.6) is 0 Å². The van der Waals surface area contributed by atoms with E-state index in [4.69, 9.17) is 0 Å². The third kappa shape index (κ3) is 2.05. The minimum atomic E-state index is 0.0598. The van der Waals surface area contributed by atoms with Gasteiger partial charge in [-0.25, -0.2) is 0 Å². The number of likely N-dealkylation sites (N-methyl/N-ethyl adjacent to an activating group) is 1. The van der Waals surface area contributed by atoms with E-state index < -0.39 is 0 Å². The second-order valence-corrected chi connectivity index (χ2v) is 6.66. The first-order valence-electron chi connectivity index (χ1n) is 7.53. The van der Waals surface area contributed by atoms with Crippen LogP contribution in [-0.4, -0.2) is 49.9 Å². The normalized spacial score (nSPS) is 24.6. The minimum Gasteiger partial charge on any atom is -0.348 e. The molecule has 0 radical (unpaired) electrons. The molecule has 3 nitrogen and oxygen atoms in total. The SMILES string of the molecule is CN1CCC2(CC1)CC(C(=O)N(C)C)c1ccccc12. The summed E-state index contributed by atoms with van der Waals surface area (Å²) in [5.74, 6) is 0.317. The molecule has 1 aromatic rings. The maximum absolute atomic E-state index is 12.5. The molecule has 0 bridgehead atoms. The van der Waals surface area contributed by atoms with Gasteiger partial charge in [0, 0.05) is 14.1 Å². The highest BCUT2D eigenvalue weighted by Crippen LogP contribution is 2.51. The van der Waals surface area contributed by atoms with Crippen LogP contribution >= 0.6 is 0 Å². The van der Waals surface area contributed by atoms with Crippen molar-refractivity contribution in [3.05, 3.63) is 35.4 Å². The first kappa shape index (κ1) is 13.6. The van der Waals surface area contributed by atoms with Crippen LogP contribution in [0.4, 0.5) is 0 Å². The largest absolute Gasteiger partial charge is 0.348 e. The molecule has 3 rings (SSSR count). The molecule has 1 fully saturated rings. The van der Waals surface area contributed by atoms with Crippen molar-refractivity contribution in [1.82, 2.24) is 9.80 Å². The van der Waals surface area contributed by atoms with Gasteiger partial charge in [-0.2, -0.15) is 0 Å². The maximum Gasteiger partial charge on any atom is 0.229 e. The number of piperidine rings is 1. The summed E-state index contributed by atoms with van der Waals surface area (Å²) < 4.78 is 0. The number of carbonyl (C=O) groups excluding carboxylic acids is 1. The zero-order chi connectivity index (χ0) is 14.3. The summed E-state index contributed by atoms with van der Waals surface area (Å²) in [6.45, 7) is 2.27. The molecular formula is C17H24N2O. The molecule has 1 aliphatic carbocycles. The summed E-state index contributed by atoms with van der Waals surface area (Å²) in [6, 6.07) is 8.61. The predicted molar refractivity (Wildman–Crippen MR) is 80.9 cm³/mol. The van der Waals surface area contributed by atoms with E-state index >= 15 is 0 Å². The van der Waals surface area contributed by atoms with E-state index in [1.165, 1.54) is 24.0 Å². The second kappa shape index (κ2) is 4.88. The lowest BCUT2D eigenvalue weighted by molar-refractivity contribution is -0.130. The molecule has 2 aliphatic rings. The van der Waals surface area contributed by atoms with Gasteiger partial charge in [0.25, 0.3) is 0 Å². The Hall–Kier alpha value is -1.35. The highest BCUT2D eigenvalue weighted by molar-refractivity contribution is 5.85. The van der Waals surface area contributed by atoms with Crippen LogP contribution in [-0.2, 0) is 10.2 Å². The predicted octanol–water partition coefficient (Wildman–Crippen LogP) is 2.23. The monoisotopic (exact) mass is 272 g/mol. The van der Waals surface area contributed by atoms with E-state index in [1.54, 1.807) is 4.90 Å².